The molecule has 2 aromatic carbocycles. The van der Waals surface area contributed by atoms with E-state index in [2.05, 4.69) is 35.0 Å². The van der Waals surface area contributed by atoms with Gasteiger partial charge in [-0.2, -0.15) is 0 Å². The molecule has 7 rings (SSSR count). The Kier molecular flexibility index (Phi) is 20.0. The Labute approximate surface area is 419 Å². The second-order valence-electron chi connectivity index (χ2n) is 17.5. The summed E-state index contributed by atoms with van der Waals surface area (Å²) in [6, 6.07) is 10.9. The molecule has 22 heteroatoms. The zero-order chi connectivity index (χ0) is 50.4. The van der Waals surface area contributed by atoms with E-state index in [0.717, 1.165) is 76.7 Å². The summed E-state index contributed by atoms with van der Waals surface area (Å²) in [4.78, 5) is 39.8. The Hall–Kier alpha value is -4.65. The number of nitrogens with two attached hydrogens (primary N) is 1. The number of amides is 2. The highest BCUT2D eigenvalue weighted by Crippen LogP contribution is 2.41. The molecule has 5 aromatic rings. The van der Waals surface area contributed by atoms with Crippen molar-refractivity contribution in [2.24, 2.45) is 5.73 Å². The zero-order valence-electron chi connectivity index (χ0n) is 40.6. The number of ether oxygens (including phenoxy) is 3. The van der Waals surface area contributed by atoms with Crippen LogP contribution in [0.4, 0.5) is 4.79 Å². The maximum atomic E-state index is 13.2. The molecule has 3 aromatic heterocycles. The number of hydrogen-bond donors (Lipinski definition) is 5. The normalized spacial score (nSPS) is 18.6. The van der Waals surface area contributed by atoms with Crippen LogP contribution in [0.25, 0.3) is 20.9 Å². The first-order valence-electron chi connectivity index (χ1n) is 23.6. The molecule has 0 radical (unpaired) electrons. The molecule has 2 aliphatic carbocycles. The lowest BCUT2D eigenvalue weighted by molar-refractivity contribution is -0.126. The van der Waals surface area contributed by atoms with Crippen molar-refractivity contribution in [3.05, 3.63) is 88.3 Å². The summed E-state index contributed by atoms with van der Waals surface area (Å²) in [6.07, 6.45) is 13.4. The van der Waals surface area contributed by atoms with Crippen LogP contribution in [0.1, 0.15) is 118 Å². The molecule has 2 amide bonds. The fourth-order valence-electron chi connectivity index (χ4n) is 8.43. The third-order valence-corrected chi connectivity index (χ3v) is 17.5. The van der Waals surface area contributed by atoms with Crippen LogP contribution >= 0.6 is 22.7 Å². The molecule has 6 N–H and O–H groups in total. The average Bonchev–Trinajstić information content (AvgIpc) is 4.14. The minimum atomic E-state index is -3.82. The molecule has 0 aliphatic heterocycles. The first-order chi connectivity index (χ1) is 33.5. The number of rotatable bonds is 20. The van der Waals surface area contributed by atoms with Gasteiger partial charge in [-0.1, -0.05) is 38.1 Å². The lowest BCUT2D eigenvalue weighted by Gasteiger charge is -2.28. The van der Waals surface area contributed by atoms with Gasteiger partial charge in [-0.05, 0) is 88.5 Å². The van der Waals surface area contributed by atoms with Gasteiger partial charge in [0.2, 0.25) is 26.0 Å². The number of hydrogen-bond acceptors (Lipinski definition) is 16. The zero-order valence-corrected chi connectivity index (χ0v) is 43.8. The Balaban J connectivity index is 0.000000238. The number of methoxy groups -OCH3 is 2. The van der Waals surface area contributed by atoms with Crippen LogP contribution in [0.2, 0.25) is 0 Å². The third-order valence-electron chi connectivity index (χ3n) is 12.0. The highest BCUT2D eigenvalue weighted by Gasteiger charge is 2.29. The van der Waals surface area contributed by atoms with Crippen molar-refractivity contribution >= 4 is 54.7 Å². The second-order valence-corrected chi connectivity index (χ2v) is 23.1. The molecule has 2 fully saturated rings. The van der Waals surface area contributed by atoms with Crippen LogP contribution < -0.4 is 25.8 Å². The number of nitrogens with one attached hydrogen (secondary N) is 4. The lowest BCUT2D eigenvalue weighted by Crippen LogP contribution is -2.38. The molecular weight excluding hydrogens is 977 g/mol. The highest BCUT2D eigenvalue weighted by molar-refractivity contribution is 7.90. The maximum Gasteiger partial charge on any atom is 0.407 e. The van der Waals surface area contributed by atoms with Crippen molar-refractivity contribution in [3.63, 3.8) is 0 Å². The summed E-state index contributed by atoms with van der Waals surface area (Å²) in [5.41, 5.74) is 8.63. The number of thiazole rings is 2. The predicted molar refractivity (Wildman–Crippen MR) is 270 cm³/mol. The van der Waals surface area contributed by atoms with Crippen LogP contribution in [0.5, 0.6) is 0 Å². The maximum absolute atomic E-state index is 13.2. The Morgan fingerprint density at radius 3 is 1.80 bits per heavy atom. The van der Waals surface area contributed by atoms with E-state index in [1.165, 1.54) is 31.8 Å². The van der Waals surface area contributed by atoms with Crippen molar-refractivity contribution in [1.82, 2.24) is 35.0 Å². The van der Waals surface area contributed by atoms with Crippen molar-refractivity contribution in [2.75, 3.05) is 33.9 Å². The molecule has 70 heavy (non-hydrogen) atoms. The van der Waals surface area contributed by atoms with E-state index in [1.54, 1.807) is 68.0 Å². The number of benzene rings is 2. The van der Waals surface area contributed by atoms with Crippen molar-refractivity contribution in [1.29, 1.82) is 0 Å². The summed E-state index contributed by atoms with van der Waals surface area (Å²) in [5.74, 6) is 0.908. The summed E-state index contributed by atoms with van der Waals surface area (Å²) >= 11 is 3.06. The van der Waals surface area contributed by atoms with Gasteiger partial charge in [0.15, 0.2) is 12.2 Å². The first kappa shape index (κ1) is 54.7. The smallest absolute Gasteiger partial charge is 0.407 e. The van der Waals surface area contributed by atoms with Crippen LogP contribution in [0, 0.1) is 0 Å². The molecule has 18 nitrogen and oxygen atoms in total. The van der Waals surface area contributed by atoms with Gasteiger partial charge in [0, 0.05) is 81.2 Å². The minimum Gasteiger partial charge on any atom is -0.449 e. The standard InChI is InChI=1S/C27H40N4O7S2.C21H26N4O3S2/c1-6-30-40(34,35)23-13-18(14-24(32)28-16-25(36-4)37-5)7-12-21(23)22-15-29-26(39-22)19-8-10-20(11-9-19)31-27(33)38-17(2)3;1-2-25-30(26,27)19-11-14(12-20-23-9-10-28-20)3-8-17(19)18-13-24-21(29-18)15-4-6-16(22)7-5-15/h7,12-13,15,17,19-20,25,30H,6,8-11,14,16H2,1-5H3,(H,28,32)(H,31,33);3,8-11,13,15-16,25H,2,4-7,12,22H2,1H3. The quantitative estimate of drug-likeness (QED) is 0.0483. The topological polar surface area (TPSA) is 256 Å². The monoisotopic (exact) mass is 1040 g/mol. The molecule has 3 heterocycles. The number of alkyl carbamates (subject to hydrolysis) is 1. The fourth-order valence-corrected chi connectivity index (χ4v) is 13.4. The molecule has 2 saturated carbocycles. The average molecular weight is 1040 g/mol. The molecule has 0 atom stereocenters. The molecule has 0 bridgehead atoms. The summed E-state index contributed by atoms with van der Waals surface area (Å²) in [7, 11) is -4.51. The van der Waals surface area contributed by atoms with Crippen molar-refractivity contribution in [2.45, 2.75) is 138 Å². The van der Waals surface area contributed by atoms with E-state index < -0.39 is 26.3 Å². The van der Waals surface area contributed by atoms with Crippen molar-refractivity contribution in [3.8, 4) is 20.9 Å². The van der Waals surface area contributed by atoms with E-state index in [9.17, 15) is 26.4 Å². The van der Waals surface area contributed by atoms with E-state index in [0.29, 0.717) is 41.5 Å². The van der Waals surface area contributed by atoms with Gasteiger partial charge < -0.3 is 35.0 Å². The SMILES string of the molecule is CCNS(=O)(=O)c1cc(CC(=O)NCC(OC)OC)ccc1-c1cnc(C2CCC(NC(=O)OC(C)C)CC2)s1.CCNS(=O)(=O)c1cc(Cc2ncco2)ccc1-c1cnc(C2CCC(N)CC2)s1. The van der Waals surface area contributed by atoms with Gasteiger partial charge in [-0.25, -0.2) is 46.0 Å². The summed E-state index contributed by atoms with van der Waals surface area (Å²) in [5, 5.41) is 7.67. The van der Waals surface area contributed by atoms with Crippen LogP contribution in [0.15, 0.2) is 75.5 Å². The third kappa shape index (κ3) is 15.2. The van der Waals surface area contributed by atoms with Gasteiger partial charge in [0.05, 0.1) is 54.8 Å². The van der Waals surface area contributed by atoms with Gasteiger partial charge in [0.25, 0.3) is 0 Å². The largest absolute Gasteiger partial charge is 0.449 e. The fraction of sp³-hybridized carbons (Fsp3) is 0.521. The van der Waals surface area contributed by atoms with Crippen LogP contribution in [0.3, 0.4) is 0 Å². The lowest BCUT2D eigenvalue weighted by atomic mass is 9.86. The summed E-state index contributed by atoms with van der Waals surface area (Å²) in [6.45, 7) is 7.85. The molecular formula is C48H66N8O10S4. The minimum absolute atomic E-state index is 0.00496. The number of carbonyl (C=O) groups is 2. The number of carbonyl (C=O) groups excluding carboxylic acids is 2. The molecule has 382 valence electrons. The van der Waals surface area contributed by atoms with E-state index in [4.69, 9.17) is 24.4 Å². The number of sulfonamides is 2. The van der Waals surface area contributed by atoms with E-state index in [-0.39, 0.29) is 65.4 Å². The summed E-state index contributed by atoms with van der Waals surface area (Å²) < 4.78 is 78.0. The number of oxazole rings is 1. The van der Waals surface area contributed by atoms with Crippen molar-refractivity contribution < 1.29 is 45.1 Å². The highest BCUT2D eigenvalue weighted by atomic mass is 32.2. The van der Waals surface area contributed by atoms with Gasteiger partial charge >= 0.3 is 6.09 Å². The second kappa shape index (κ2) is 25.6. The first-order valence-corrected chi connectivity index (χ1v) is 28.2. The predicted octanol–water partition coefficient (Wildman–Crippen LogP) is 7.22. The van der Waals surface area contributed by atoms with Crippen LogP contribution in [-0.4, -0.2) is 102 Å². The number of nitrogens with zero attached hydrogens (tertiary/aromatic N) is 3. The van der Waals surface area contributed by atoms with E-state index in [1.807, 2.05) is 26.0 Å². The van der Waals surface area contributed by atoms with Gasteiger partial charge in [0.1, 0.15) is 6.26 Å². The van der Waals surface area contributed by atoms with Crippen LogP contribution in [-0.2, 0) is 51.9 Å². The molecule has 2 aliphatic rings. The molecule has 0 unspecified atom stereocenters. The molecule has 0 spiro atoms. The number of aromatic nitrogens is 3. The Bertz CT molecular complexity index is 2690. The Morgan fingerprint density at radius 1 is 0.771 bits per heavy atom. The Morgan fingerprint density at radius 2 is 1.30 bits per heavy atom. The van der Waals surface area contributed by atoms with Gasteiger partial charge in [-0.15, -0.1) is 22.7 Å². The van der Waals surface area contributed by atoms with E-state index >= 15 is 0 Å². The molecule has 0 saturated heterocycles. The van der Waals surface area contributed by atoms with Gasteiger partial charge in [-0.3, -0.25) is 4.79 Å².